The van der Waals surface area contributed by atoms with Crippen molar-refractivity contribution in [1.29, 1.82) is 5.41 Å². The molecule has 0 atom stereocenters. The topological polar surface area (TPSA) is 113 Å². The van der Waals surface area contributed by atoms with E-state index >= 15 is 0 Å². The standard InChI is InChI=1S/C10H20O2.CH5N3/c1-2-3-4-5-6-7-8-9-10(11)12;2-1(3)4/h2-9H2,1H3,(H,11,12);(H5,2,3,4). The van der Waals surface area contributed by atoms with Gasteiger partial charge in [-0.3, -0.25) is 10.2 Å². The van der Waals surface area contributed by atoms with Crippen molar-refractivity contribution in [3.8, 4) is 0 Å². The Labute approximate surface area is 97.7 Å². The molecule has 16 heavy (non-hydrogen) atoms. The molecule has 0 saturated heterocycles. The highest BCUT2D eigenvalue weighted by Gasteiger charge is 1.95. The molecule has 5 nitrogen and oxygen atoms in total. The SMILES string of the molecule is CCCCCCCCCC(=O)O.N=C(N)N. The number of hydrogen-bond donors (Lipinski definition) is 4. The number of unbranched alkanes of at least 4 members (excludes halogenated alkanes) is 6. The minimum Gasteiger partial charge on any atom is -0.481 e. The number of nitrogens with two attached hydrogens (primary N) is 2. The van der Waals surface area contributed by atoms with Gasteiger partial charge in [-0.1, -0.05) is 45.4 Å². The van der Waals surface area contributed by atoms with Crippen molar-refractivity contribution in [3.63, 3.8) is 0 Å². The van der Waals surface area contributed by atoms with Gasteiger partial charge in [-0.05, 0) is 6.42 Å². The van der Waals surface area contributed by atoms with Crippen LogP contribution in [-0.4, -0.2) is 17.0 Å². The zero-order chi connectivity index (χ0) is 12.8. The van der Waals surface area contributed by atoms with Gasteiger partial charge in [0.15, 0.2) is 5.96 Å². The van der Waals surface area contributed by atoms with E-state index in [1.165, 1.54) is 32.1 Å². The van der Waals surface area contributed by atoms with Crippen LogP contribution in [0.4, 0.5) is 0 Å². The number of guanidine groups is 1. The van der Waals surface area contributed by atoms with E-state index in [1.54, 1.807) is 0 Å². The third-order valence-corrected chi connectivity index (χ3v) is 1.99. The monoisotopic (exact) mass is 231 g/mol. The molecule has 0 amide bonds. The number of rotatable bonds is 8. The Hall–Kier alpha value is -1.26. The lowest BCUT2D eigenvalue weighted by Gasteiger charge is -1.98. The molecular weight excluding hydrogens is 206 g/mol. The van der Waals surface area contributed by atoms with Crippen LogP contribution in [0.15, 0.2) is 0 Å². The maximum absolute atomic E-state index is 10.1. The summed E-state index contributed by atoms with van der Waals surface area (Å²) in [6.45, 7) is 2.20. The largest absolute Gasteiger partial charge is 0.481 e. The number of aliphatic carboxylic acids is 1. The molecule has 96 valence electrons. The van der Waals surface area contributed by atoms with Gasteiger partial charge in [-0.25, -0.2) is 0 Å². The molecule has 0 fully saturated rings. The second kappa shape index (κ2) is 13.7. The summed E-state index contributed by atoms with van der Waals surface area (Å²) in [7, 11) is 0. The van der Waals surface area contributed by atoms with Crippen LogP contribution in [0.3, 0.4) is 0 Å². The zero-order valence-corrected chi connectivity index (χ0v) is 10.2. The van der Waals surface area contributed by atoms with Gasteiger partial charge in [0.1, 0.15) is 0 Å². The Balaban J connectivity index is 0. The summed E-state index contributed by atoms with van der Waals surface area (Å²) in [6, 6.07) is 0. The average Bonchev–Trinajstić information content (AvgIpc) is 2.15. The Bertz CT molecular complexity index is 180. The van der Waals surface area contributed by atoms with E-state index in [0.29, 0.717) is 6.42 Å². The third-order valence-electron chi connectivity index (χ3n) is 1.99. The number of carboxylic acid groups (broad SMARTS) is 1. The highest BCUT2D eigenvalue weighted by Crippen LogP contribution is 2.07. The molecule has 0 aromatic heterocycles. The molecule has 0 spiro atoms. The van der Waals surface area contributed by atoms with Crippen molar-refractivity contribution in [1.82, 2.24) is 0 Å². The molecule has 0 aromatic carbocycles. The second-order valence-corrected chi connectivity index (χ2v) is 3.72. The van der Waals surface area contributed by atoms with Crippen LogP contribution >= 0.6 is 0 Å². The van der Waals surface area contributed by atoms with Crippen LogP contribution in [0.25, 0.3) is 0 Å². The van der Waals surface area contributed by atoms with Crippen LogP contribution in [0.5, 0.6) is 0 Å². The fourth-order valence-corrected chi connectivity index (χ4v) is 1.23. The van der Waals surface area contributed by atoms with Gasteiger partial charge in [0.2, 0.25) is 0 Å². The smallest absolute Gasteiger partial charge is 0.303 e. The van der Waals surface area contributed by atoms with E-state index in [0.717, 1.165) is 12.8 Å². The van der Waals surface area contributed by atoms with Gasteiger partial charge in [0.05, 0.1) is 0 Å². The summed E-state index contributed by atoms with van der Waals surface area (Å²) in [5.74, 6) is -0.997. The molecular formula is C11H25N3O2. The molecule has 0 aliphatic heterocycles. The lowest BCUT2D eigenvalue weighted by atomic mass is 10.1. The molecule has 0 aromatic rings. The van der Waals surface area contributed by atoms with Crippen molar-refractivity contribution in [2.24, 2.45) is 11.5 Å². The maximum atomic E-state index is 10.1. The predicted octanol–water partition coefficient (Wildman–Crippen LogP) is 2.05. The Morgan fingerprint density at radius 2 is 1.44 bits per heavy atom. The maximum Gasteiger partial charge on any atom is 0.303 e. The van der Waals surface area contributed by atoms with Crippen LogP contribution < -0.4 is 11.5 Å². The van der Waals surface area contributed by atoms with Crippen molar-refractivity contribution >= 4 is 11.9 Å². The first-order chi connectivity index (χ1) is 7.50. The molecule has 0 bridgehead atoms. The van der Waals surface area contributed by atoms with Crippen LogP contribution in [0, 0.1) is 5.41 Å². The fraction of sp³-hybridized carbons (Fsp3) is 0.818. The quantitative estimate of drug-likeness (QED) is 0.291. The van der Waals surface area contributed by atoms with E-state index in [4.69, 9.17) is 10.5 Å². The lowest BCUT2D eigenvalue weighted by molar-refractivity contribution is -0.137. The Kier molecular flexibility index (Phi) is 14.7. The number of carboxylic acids is 1. The summed E-state index contributed by atoms with van der Waals surface area (Å²) in [4.78, 5) is 10.1. The minimum absolute atomic E-state index is 0.333. The van der Waals surface area contributed by atoms with E-state index in [1.807, 2.05) is 0 Å². The molecule has 5 heteroatoms. The van der Waals surface area contributed by atoms with E-state index in [-0.39, 0.29) is 5.96 Å². The first kappa shape index (κ1) is 17.1. The molecule has 0 rings (SSSR count). The zero-order valence-electron chi connectivity index (χ0n) is 10.2. The summed E-state index contributed by atoms with van der Waals surface area (Å²) < 4.78 is 0. The minimum atomic E-state index is -0.663. The lowest BCUT2D eigenvalue weighted by Crippen LogP contribution is -2.20. The van der Waals surface area contributed by atoms with Gasteiger partial charge in [0.25, 0.3) is 0 Å². The number of carbonyl (C=O) groups is 1. The number of nitrogens with one attached hydrogen (secondary N) is 1. The summed E-state index contributed by atoms with van der Waals surface area (Å²) in [5, 5.41) is 14.4. The van der Waals surface area contributed by atoms with Crippen molar-refractivity contribution < 1.29 is 9.90 Å². The Morgan fingerprint density at radius 3 is 1.81 bits per heavy atom. The van der Waals surface area contributed by atoms with Crippen molar-refractivity contribution in [2.75, 3.05) is 0 Å². The molecule has 0 heterocycles. The van der Waals surface area contributed by atoms with E-state index in [9.17, 15) is 4.79 Å². The first-order valence-electron chi connectivity index (χ1n) is 5.82. The normalized spacial score (nSPS) is 9.06. The van der Waals surface area contributed by atoms with Gasteiger partial charge in [-0.15, -0.1) is 0 Å². The van der Waals surface area contributed by atoms with Gasteiger partial charge < -0.3 is 16.6 Å². The fourth-order valence-electron chi connectivity index (χ4n) is 1.23. The molecule has 6 N–H and O–H groups in total. The summed E-state index contributed by atoms with van der Waals surface area (Å²) in [5.41, 5.74) is 8.94. The van der Waals surface area contributed by atoms with Gasteiger partial charge >= 0.3 is 5.97 Å². The summed E-state index contributed by atoms with van der Waals surface area (Å²) in [6.07, 6.45) is 8.64. The highest BCUT2D eigenvalue weighted by molar-refractivity contribution is 5.71. The third kappa shape index (κ3) is 29.3. The molecule has 0 unspecified atom stereocenters. The van der Waals surface area contributed by atoms with Gasteiger partial charge in [0, 0.05) is 6.42 Å². The van der Waals surface area contributed by atoms with E-state index < -0.39 is 5.97 Å². The van der Waals surface area contributed by atoms with Crippen LogP contribution in [-0.2, 0) is 4.79 Å². The predicted molar refractivity (Wildman–Crippen MR) is 66.3 cm³/mol. The van der Waals surface area contributed by atoms with Gasteiger partial charge in [-0.2, -0.15) is 0 Å². The number of hydrogen-bond acceptors (Lipinski definition) is 2. The first-order valence-corrected chi connectivity index (χ1v) is 5.82. The van der Waals surface area contributed by atoms with Crippen molar-refractivity contribution in [3.05, 3.63) is 0 Å². The summed E-state index contributed by atoms with van der Waals surface area (Å²) >= 11 is 0. The molecule has 0 saturated carbocycles. The van der Waals surface area contributed by atoms with Crippen LogP contribution in [0.2, 0.25) is 0 Å². The Morgan fingerprint density at radius 1 is 1.06 bits per heavy atom. The second-order valence-electron chi connectivity index (χ2n) is 3.72. The molecule has 0 aliphatic rings. The van der Waals surface area contributed by atoms with Crippen LogP contribution in [0.1, 0.15) is 58.3 Å². The molecule has 0 radical (unpaired) electrons. The highest BCUT2D eigenvalue weighted by atomic mass is 16.4. The average molecular weight is 231 g/mol. The molecule has 0 aliphatic carbocycles. The van der Waals surface area contributed by atoms with Crippen molar-refractivity contribution in [2.45, 2.75) is 58.3 Å². The van der Waals surface area contributed by atoms with E-state index in [2.05, 4.69) is 18.4 Å².